The zero-order valence-corrected chi connectivity index (χ0v) is 18.3. The number of fused-ring (bicyclic) bond motifs is 1. The van der Waals surface area contributed by atoms with Crippen LogP contribution in [0.5, 0.6) is 5.75 Å². The third-order valence-electron chi connectivity index (χ3n) is 5.58. The number of rotatable bonds is 6. The second-order valence-corrected chi connectivity index (χ2v) is 9.53. The van der Waals surface area contributed by atoms with Gasteiger partial charge >= 0.3 is 0 Å². The molecule has 31 heavy (non-hydrogen) atoms. The molecule has 1 aromatic heterocycles. The fourth-order valence-corrected chi connectivity index (χ4v) is 5.24. The number of amides is 1. The molecule has 1 aliphatic carbocycles. The van der Waals surface area contributed by atoms with Crippen LogP contribution in [0, 0.1) is 5.92 Å². The van der Waals surface area contributed by atoms with Crippen molar-refractivity contribution in [2.75, 3.05) is 25.5 Å². The first-order valence-electron chi connectivity index (χ1n) is 10.5. The summed E-state index contributed by atoms with van der Waals surface area (Å²) in [6.45, 7) is 0.529. The Morgan fingerprint density at radius 2 is 1.94 bits per heavy atom. The second kappa shape index (κ2) is 9.05. The SMILES string of the molecule is CN(CC(=O)Nc1ncccc1OCC1CCCCC1)C1=NS(=O)(=O)c2ccccc21. The number of nitrogens with one attached hydrogen (secondary N) is 1. The summed E-state index contributed by atoms with van der Waals surface area (Å²) in [4.78, 5) is 18.6. The number of hydrogen-bond acceptors (Lipinski definition) is 6. The van der Waals surface area contributed by atoms with Gasteiger partial charge in [-0.3, -0.25) is 4.79 Å². The van der Waals surface area contributed by atoms with Crippen LogP contribution in [0.25, 0.3) is 0 Å². The van der Waals surface area contributed by atoms with E-state index in [0.29, 0.717) is 29.7 Å². The van der Waals surface area contributed by atoms with E-state index in [2.05, 4.69) is 14.7 Å². The molecular weight excluding hydrogens is 416 g/mol. The molecule has 2 aromatic rings. The molecule has 2 heterocycles. The normalized spacial score (nSPS) is 17.5. The third kappa shape index (κ3) is 4.87. The topological polar surface area (TPSA) is 101 Å². The van der Waals surface area contributed by atoms with Crippen molar-refractivity contribution in [1.29, 1.82) is 0 Å². The number of hydrogen-bond donors (Lipinski definition) is 1. The van der Waals surface area contributed by atoms with Crippen molar-refractivity contribution < 1.29 is 17.9 Å². The molecule has 8 nitrogen and oxygen atoms in total. The molecule has 1 fully saturated rings. The van der Waals surface area contributed by atoms with Crippen LogP contribution in [-0.2, 0) is 14.8 Å². The Bertz CT molecular complexity index is 1090. The lowest BCUT2D eigenvalue weighted by atomic mass is 9.90. The molecule has 164 valence electrons. The number of sulfonamides is 1. The first-order chi connectivity index (χ1) is 14.9. The van der Waals surface area contributed by atoms with Gasteiger partial charge in [-0.05, 0) is 43.0 Å². The number of likely N-dealkylation sites (N-methyl/N-ethyl adjacent to an activating group) is 1. The smallest absolute Gasteiger partial charge is 0.285 e. The summed E-state index contributed by atoms with van der Waals surface area (Å²) in [6, 6.07) is 10.2. The van der Waals surface area contributed by atoms with E-state index in [0.717, 1.165) is 0 Å². The van der Waals surface area contributed by atoms with Gasteiger partial charge in [0, 0.05) is 18.8 Å². The van der Waals surface area contributed by atoms with Crippen molar-refractivity contribution in [1.82, 2.24) is 9.88 Å². The van der Waals surface area contributed by atoms with Crippen molar-refractivity contribution in [2.45, 2.75) is 37.0 Å². The number of carbonyl (C=O) groups excluding carboxylic acids is 1. The van der Waals surface area contributed by atoms with Crippen LogP contribution in [0.15, 0.2) is 51.9 Å². The quantitative estimate of drug-likeness (QED) is 0.738. The lowest BCUT2D eigenvalue weighted by molar-refractivity contribution is -0.116. The van der Waals surface area contributed by atoms with E-state index < -0.39 is 10.0 Å². The maximum Gasteiger partial charge on any atom is 0.285 e. The summed E-state index contributed by atoms with van der Waals surface area (Å²) in [6.07, 6.45) is 7.68. The summed E-state index contributed by atoms with van der Waals surface area (Å²) in [5.74, 6) is 1.34. The summed E-state index contributed by atoms with van der Waals surface area (Å²) in [7, 11) is -2.10. The first-order valence-corrected chi connectivity index (χ1v) is 11.9. The van der Waals surface area contributed by atoms with Gasteiger partial charge in [0.05, 0.1) is 13.2 Å². The maximum absolute atomic E-state index is 12.7. The minimum Gasteiger partial charge on any atom is -0.489 e. The van der Waals surface area contributed by atoms with Gasteiger partial charge in [-0.25, -0.2) is 4.98 Å². The van der Waals surface area contributed by atoms with E-state index >= 15 is 0 Å². The van der Waals surface area contributed by atoms with E-state index in [-0.39, 0.29) is 23.2 Å². The standard InChI is InChI=1S/C22H26N4O4S/c1-26(22-17-10-5-6-12-19(17)31(28,29)25-22)14-20(27)24-21-18(11-7-13-23-21)30-15-16-8-3-2-4-9-16/h5-7,10-13,16H,2-4,8-9,14-15H2,1H3,(H,23,24,27). The third-order valence-corrected chi connectivity index (χ3v) is 6.91. The predicted octanol–water partition coefficient (Wildman–Crippen LogP) is 3.06. The lowest BCUT2D eigenvalue weighted by Gasteiger charge is -2.22. The molecule has 9 heteroatoms. The number of nitrogens with zero attached hydrogens (tertiary/aromatic N) is 3. The van der Waals surface area contributed by atoms with E-state index in [1.807, 2.05) is 0 Å². The molecule has 0 saturated heterocycles. The molecule has 0 bridgehead atoms. The average Bonchev–Trinajstić information content (AvgIpc) is 3.05. The van der Waals surface area contributed by atoms with Crippen LogP contribution in [0.3, 0.4) is 0 Å². The Hall–Kier alpha value is -2.94. The van der Waals surface area contributed by atoms with Crippen LogP contribution in [0.2, 0.25) is 0 Å². The number of carbonyl (C=O) groups is 1. The van der Waals surface area contributed by atoms with Gasteiger partial charge in [-0.2, -0.15) is 8.42 Å². The highest BCUT2D eigenvalue weighted by Gasteiger charge is 2.31. The molecule has 1 amide bonds. The van der Waals surface area contributed by atoms with Gasteiger partial charge in [0.2, 0.25) is 5.91 Å². The van der Waals surface area contributed by atoms with Gasteiger partial charge in [0.25, 0.3) is 10.0 Å². The molecule has 0 atom stereocenters. The Kier molecular flexibility index (Phi) is 6.22. The van der Waals surface area contributed by atoms with E-state index in [4.69, 9.17) is 4.74 Å². The molecule has 1 N–H and O–H groups in total. The highest BCUT2D eigenvalue weighted by atomic mass is 32.2. The fraction of sp³-hybridized carbons (Fsp3) is 0.409. The predicted molar refractivity (Wildman–Crippen MR) is 118 cm³/mol. The monoisotopic (exact) mass is 442 g/mol. The molecule has 1 aliphatic heterocycles. The second-order valence-electron chi connectivity index (χ2n) is 7.96. The van der Waals surface area contributed by atoms with Crippen LogP contribution in [0.4, 0.5) is 5.82 Å². The van der Waals surface area contributed by atoms with Gasteiger partial charge in [0.15, 0.2) is 17.4 Å². The van der Waals surface area contributed by atoms with Crippen LogP contribution in [-0.4, -0.2) is 50.2 Å². The van der Waals surface area contributed by atoms with Crippen molar-refractivity contribution in [2.24, 2.45) is 10.3 Å². The van der Waals surface area contributed by atoms with Gasteiger partial charge < -0.3 is 15.0 Å². The molecular formula is C22H26N4O4S. The largest absolute Gasteiger partial charge is 0.489 e. The fourth-order valence-electron chi connectivity index (χ4n) is 3.99. The van der Waals surface area contributed by atoms with Gasteiger partial charge in [0.1, 0.15) is 4.90 Å². The first kappa shape index (κ1) is 21.3. The number of benzene rings is 1. The highest BCUT2D eigenvalue weighted by Crippen LogP contribution is 2.28. The Balaban J connectivity index is 1.40. The van der Waals surface area contributed by atoms with E-state index in [1.54, 1.807) is 43.6 Å². The van der Waals surface area contributed by atoms with Gasteiger partial charge in [-0.15, -0.1) is 4.40 Å². The summed E-state index contributed by atoms with van der Waals surface area (Å²) in [5, 5.41) is 2.78. The van der Waals surface area contributed by atoms with Crippen molar-refractivity contribution in [3.05, 3.63) is 48.2 Å². The summed E-state index contributed by atoms with van der Waals surface area (Å²) in [5.41, 5.74) is 0.493. The van der Waals surface area contributed by atoms with Crippen LogP contribution < -0.4 is 10.1 Å². The van der Waals surface area contributed by atoms with Crippen molar-refractivity contribution >= 4 is 27.6 Å². The Morgan fingerprint density at radius 3 is 2.74 bits per heavy atom. The minimum atomic E-state index is -3.74. The molecule has 1 aromatic carbocycles. The summed E-state index contributed by atoms with van der Waals surface area (Å²) >= 11 is 0. The summed E-state index contributed by atoms with van der Waals surface area (Å²) < 4.78 is 34.3. The molecule has 4 rings (SSSR count). The number of pyridine rings is 1. The zero-order valence-electron chi connectivity index (χ0n) is 17.5. The van der Waals surface area contributed by atoms with Gasteiger partial charge in [-0.1, -0.05) is 31.4 Å². The average molecular weight is 443 g/mol. The maximum atomic E-state index is 12.7. The minimum absolute atomic E-state index is 0.0820. The molecule has 0 spiro atoms. The zero-order chi connectivity index (χ0) is 21.8. The van der Waals surface area contributed by atoms with E-state index in [9.17, 15) is 13.2 Å². The number of amidine groups is 1. The van der Waals surface area contributed by atoms with Crippen LogP contribution >= 0.6 is 0 Å². The van der Waals surface area contributed by atoms with Crippen LogP contribution in [0.1, 0.15) is 37.7 Å². The van der Waals surface area contributed by atoms with Crippen molar-refractivity contribution in [3.8, 4) is 5.75 Å². The number of ether oxygens (including phenoxy) is 1. The van der Waals surface area contributed by atoms with Crippen molar-refractivity contribution in [3.63, 3.8) is 0 Å². The molecule has 0 radical (unpaired) electrons. The molecule has 1 saturated carbocycles. The number of aromatic nitrogens is 1. The molecule has 2 aliphatic rings. The Morgan fingerprint density at radius 1 is 1.16 bits per heavy atom. The Labute approximate surface area is 182 Å². The molecule has 0 unspecified atom stereocenters. The van der Waals surface area contributed by atoms with E-state index in [1.165, 1.54) is 43.1 Å². The highest BCUT2D eigenvalue weighted by molar-refractivity contribution is 7.90. The lowest BCUT2D eigenvalue weighted by Crippen LogP contribution is -2.35. The number of anilines is 1.